The maximum absolute atomic E-state index is 12.9. The van der Waals surface area contributed by atoms with Gasteiger partial charge < -0.3 is 0 Å². The van der Waals surface area contributed by atoms with Crippen LogP contribution in [-0.4, -0.2) is 8.42 Å². The van der Waals surface area contributed by atoms with Crippen molar-refractivity contribution in [2.75, 3.05) is 0 Å². The van der Waals surface area contributed by atoms with Gasteiger partial charge in [-0.05, 0) is 42.0 Å². The standard InChI is InChI=1S/C13H11F2NO2S/c14-11-4-6-13(7-5-11)19(17,18)16-9-10-2-1-3-12(15)8-10/h1-8,16H,9H2. The minimum Gasteiger partial charge on any atom is -0.207 e. The largest absolute Gasteiger partial charge is 0.240 e. The lowest BCUT2D eigenvalue weighted by Crippen LogP contribution is -2.23. The predicted octanol–water partition coefficient (Wildman–Crippen LogP) is 2.44. The molecule has 0 aliphatic carbocycles. The van der Waals surface area contributed by atoms with E-state index in [1.807, 2.05) is 0 Å². The van der Waals surface area contributed by atoms with Crippen molar-refractivity contribution in [2.45, 2.75) is 11.4 Å². The summed E-state index contributed by atoms with van der Waals surface area (Å²) in [5.74, 6) is -0.942. The Morgan fingerprint density at radius 3 is 2.26 bits per heavy atom. The average Bonchev–Trinajstić information content (AvgIpc) is 2.37. The molecule has 0 spiro atoms. The SMILES string of the molecule is O=S(=O)(NCc1cccc(F)c1)c1ccc(F)cc1. The van der Waals surface area contributed by atoms with E-state index in [4.69, 9.17) is 0 Å². The summed E-state index contributed by atoms with van der Waals surface area (Å²) in [7, 11) is -3.73. The third-order valence-electron chi connectivity index (χ3n) is 2.48. The number of hydrogen-bond acceptors (Lipinski definition) is 2. The van der Waals surface area contributed by atoms with Crippen LogP contribution in [0.15, 0.2) is 53.4 Å². The molecule has 0 heterocycles. The van der Waals surface area contributed by atoms with Gasteiger partial charge in [-0.3, -0.25) is 0 Å². The highest BCUT2D eigenvalue weighted by atomic mass is 32.2. The Bertz CT molecular complexity index is 669. The summed E-state index contributed by atoms with van der Waals surface area (Å²) in [6.45, 7) is -0.0303. The zero-order valence-corrected chi connectivity index (χ0v) is 10.6. The molecule has 0 radical (unpaired) electrons. The van der Waals surface area contributed by atoms with Crippen LogP contribution in [0.2, 0.25) is 0 Å². The van der Waals surface area contributed by atoms with E-state index >= 15 is 0 Å². The lowest BCUT2D eigenvalue weighted by atomic mass is 10.2. The molecule has 3 nitrogen and oxygen atoms in total. The average molecular weight is 283 g/mol. The molecule has 0 aliphatic rings. The van der Waals surface area contributed by atoms with E-state index in [-0.39, 0.29) is 11.4 Å². The molecule has 0 aromatic heterocycles. The molecule has 2 rings (SSSR count). The number of rotatable bonds is 4. The fraction of sp³-hybridized carbons (Fsp3) is 0.0769. The summed E-state index contributed by atoms with van der Waals surface area (Å²) in [4.78, 5) is -0.0368. The molecule has 0 fully saturated rings. The van der Waals surface area contributed by atoms with Gasteiger partial charge >= 0.3 is 0 Å². The molecule has 1 N–H and O–H groups in total. The van der Waals surface area contributed by atoms with Gasteiger partial charge in [-0.25, -0.2) is 21.9 Å². The number of nitrogens with one attached hydrogen (secondary N) is 1. The van der Waals surface area contributed by atoms with Gasteiger partial charge in [0.25, 0.3) is 0 Å². The van der Waals surface area contributed by atoms with Crippen molar-refractivity contribution in [1.82, 2.24) is 4.72 Å². The van der Waals surface area contributed by atoms with Crippen molar-refractivity contribution in [2.24, 2.45) is 0 Å². The van der Waals surface area contributed by atoms with Crippen LogP contribution >= 0.6 is 0 Å². The fourth-order valence-corrected chi connectivity index (χ4v) is 2.54. The van der Waals surface area contributed by atoms with Gasteiger partial charge in [0.2, 0.25) is 10.0 Å². The first kappa shape index (κ1) is 13.6. The second-order valence-electron chi connectivity index (χ2n) is 3.91. The summed E-state index contributed by atoms with van der Waals surface area (Å²) in [6, 6.07) is 10.1. The van der Waals surface area contributed by atoms with Gasteiger partial charge in [0.15, 0.2) is 0 Å². The maximum atomic E-state index is 12.9. The maximum Gasteiger partial charge on any atom is 0.240 e. The molecule has 2 aromatic carbocycles. The fourth-order valence-electron chi connectivity index (χ4n) is 1.52. The van der Waals surface area contributed by atoms with E-state index in [1.54, 1.807) is 6.07 Å². The van der Waals surface area contributed by atoms with Gasteiger partial charge in [0.1, 0.15) is 11.6 Å². The smallest absolute Gasteiger partial charge is 0.207 e. The zero-order valence-electron chi connectivity index (χ0n) is 9.81. The molecule has 0 saturated heterocycles. The molecule has 0 atom stereocenters. The Morgan fingerprint density at radius 1 is 0.947 bits per heavy atom. The Kier molecular flexibility index (Phi) is 3.92. The molecule has 19 heavy (non-hydrogen) atoms. The van der Waals surface area contributed by atoms with Gasteiger partial charge in [-0.15, -0.1) is 0 Å². The van der Waals surface area contributed by atoms with Crippen LogP contribution in [-0.2, 0) is 16.6 Å². The van der Waals surface area contributed by atoms with Crippen molar-refractivity contribution < 1.29 is 17.2 Å². The molecule has 6 heteroatoms. The molecule has 0 amide bonds. The van der Waals surface area contributed by atoms with Crippen LogP contribution in [0.4, 0.5) is 8.78 Å². The first-order valence-electron chi connectivity index (χ1n) is 5.47. The molecular formula is C13H11F2NO2S. The Morgan fingerprint density at radius 2 is 1.63 bits per heavy atom. The Balaban J connectivity index is 2.12. The summed E-state index contributed by atoms with van der Waals surface area (Å²) >= 11 is 0. The van der Waals surface area contributed by atoms with E-state index in [0.29, 0.717) is 5.56 Å². The van der Waals surface area contributed by atoms with E-state index < -0.39 is 21.7 Å². The molecule has 0 unspecified atom stereocenters. The molecule has 2 aromatic rings. The number of hydrogen-bond donors (Lipinski definition) is 1. The first-order valence-corrected chi connectivity index (χ1v) is 6.95. The van der Waals surface area contributed by atoms with E-state index in [2.05, 4.69) is 4.72 Å². The molecule has 0 saturated carbocycles. The van der Waals surface area contributed by atoms with Gasteiger partial charge in [-0.1, -0.05) is 12.1 Å². The highest BCUT2D eigenvalue weighted by molar-refractivity contribution is 7.89. The molecule has 0 aliphatic heterocycles. The van der Waals surface area contributed by atoms with E-state index in [1.165, 1.54) is 30.3 Å². The van der Waals surface area contributed by atoms with Crippen molar-refractivity contribution in [3.8, 4) is 0 Å². The first-order chi connectivity index (χ1) is 8.97. The van der Waals surface area contributed by atoms with Crippen LogP contribution in [0.25, 0.3) is 0 Å². The summed E-state index contributed by atoms with van der Waals surface area (Å²) < 4.78 is 51.7. The van der Waals surface area contributed by atoms with Crippen LogP contribution in [0.3, 0.4) is 0 Å². The summed E-state index contributed by atoms with van der Waals surface area (Å²) in [6.07, 6.45) is 0. The van der Waals surface area contributed by atoms with Crippen molar-refractivity contribution in [3.05, 3.63) is 65.7 Å². The van der Waals surface area contributed by atoms with Crippen LogP contribution in [0.1, 0.15) is 5.56 Å². The number of halogens is 2. The highest BCUT2D eigenvalue weighted by Crippen LogP contribution is 2.11. The molecular weight excluding hydrogens is 272 g/mol. The normalized spacial score (nSPS) is 11.5. The third-order valence-corrected chi connectivity index (χ3v) is 3.90. The van der Waals surface area contributed by atoms with Crippen molar-refractivity contribution in [3.63, 3.8) is 0 Å². The van der Waals surface area contributed by atoms with Gasteiger partial charge in [0, 0.05) is 6.54 Å². The van der Waals surface area contributed by atoms with E-state index in [0.717, 1.165) is 12.1 Å². The summed E-state index contributed by atoms with van der Waals surface area (Å²) in [5.41, 5.74) is 0.505. The Labute approximate surface area is 109 Å². The number of sulfonamides is 1. The van der Waals surface area contributed by atoms with Crippen LogP contribution in [0, 0.1) is 11.6 Å². The van der Waals surface area contributed by atoms with Crippen molar-refractivity contribution in [1.29, 1.82) is 0 Å². The Hall–Kier alpha value is -1.79. The number of benzene rings is 2. The monoisotopic (exact) mass is 283 g/mol. The lowest BCUT2D eigenvalue weighted by molar-refractivity contribution is 0.579. The minimum absolute atomic E-state index is 0.0303. The molecule has 100 valence electrons. The quantitative estimate of drug-likeness (QED) is 0.936. The predicted molar refractivity (Wildman–Crippen MR) is 66.8 cm³/mol. The third kappa shape index (κ3) is 3.59. The minimum atomic E-state index is -3.73. The van der Waals surface area contributed by atoms with Crippen molar-refractivity contribution >= 4 is 10.0 Å². The second kappa shape index (κ2) is 5.46. The topological polar surface area (TPSA) is 46.2 Å². The zero-order chi connectivity index (χ0) is 13.9. The second-order valence-corrected chi connectivity index (χ2v) is 5.68. The lowest BCUT2D eigenvalue weighted by Gasteiger charge is -2.06. The van der Waals surface area contributed by atoms with Crippen LogP contribution in [0.5, 0.6) is 0 Å². The van der Waals surface area contributed by atoms with Gasteiger partial charge in [0.05, 0.1) is 4.90 Å². The van der Waals surface area contributed by atoms with Crippen LogP contribution < -0.4 is 4.72 Å². The van der Waals surface area contributed by atoms with Gasteiger partial charge in [-0.2, -0.15) is 0 Å². The molecule has 0 bridgehead atoms. The summed E-state index contributed by atoms with van der Waals surface area (Å²) in [5, 5.41) is 0. The highest BCUT2D eigenvalue weighted by Gasteiger charge is 2.13. The van der Waals surface area contributed by atoms with E-state index in [9.17, 15) is 17.2 Å².